The highest BCUT2D eigenvalue weighted by Crippen LogP contribution is 2.32. The Balaban J connectivity index is 1.31. The molecule has 172 valence electrons. The van der Waals surface area contributed by atoms with E-state index in [0.717, 1.165) is 5.56 Å². The second kappa shape index (κ2) is 9.10. The molecule has 2 aromatic carbocycles. The van der Waals surface area contributed by atoms with Crippen LogP contribution in [0.5, 0.6) is 17.2 Å². The fourth-order valence-electron chi connectivity index (χ4n) is 3.46. The van der Waals surface area contributed by atoms with Crippen LogP contribution in [0.1, 0.15) is 0 Å². The van der Waals surface area contributed by atoms with Crippen molar-refractivity contribution < 1.29 is 23.5 Å². The lowest BCUT2D eigenvalue weighted by atomic mass is 10.2. The highest BCUT2D eigenvalue weighted by atomic mass is 16.6. The Kier molecular flexibility index (Phi) is 5.69. The Morgan fingerprint density at radius 1 is 1.03 bits per heavy atom. The first-order valence-corrected chi connectivity index (χ1v) is 10.5. The zero-order valence-electron chi connectivity index (χ0n) is 18.2. The van der Waals surface area contributed by atoms with Crippen LogP contribution in [0.3, 0.4) is 0 Å². The molecule has 0 aliphatic carbocycles. The molecule has 0 spiro atoms. The lowest BCUT2D eigenvalue weighted by Gasteiger charge is -2.19. The number of amides is 1. The largest absolute Gasteiger partial charge is 0.497 e. The van der Waals surface area contributed by atoms with Crippen molar-refractivity contribution in [2.45, 2.75) is 6.54 Å². The number of aromatic nitrogens is 3. The lowest BCUT2D eigenvalue weighted by Crippen LogP contribution is -2.27. The molecule has 1 aliphatic rings. The standard InChI is InChI=1S/C24H20N4O6/c1-31-18-6-2-15(3-7-18)23-26-24(34-27-23)16-4-9-22(30)28(13-16)14-21(29)25-17-5-8-19-20(12-17)33-11-10-32-19/h2-9,12-13H,10-11,14H2,1H3,(H,25,29). The molecule has 1 N–H and O–H groups in total. The van der Waals surface area contributed by atoms with E-state index in [1.54, 1.807) is 43.5 Å². The maximum atomic E-state index is 12.6. The molecule has 1 aliphatic heterocycles. The van der Waals surface area contributed by atoms with Gasteiger partial charge in [0, 0.05) is 29.6 Å². The molecule has 0 saturated carbocycles. The van der Waals surface area contributed by atoms with Gasteiger partial charge in [-0.1, -0.05) is 5.16 Å². The number of benzene rings is 2. The molecule has 1 amide bonds. The molecular formula is C24H20N4O6. The lowest BCUT2D eigenvalue weighted by molar-refractivity contribution is -0.116. The van der Waals surface area contributed by atoms with Crippen LogP contribution in [-0.4, -0.2) is 40.9 Å². The van der Waals surface area contributed by atoms with Gasteiger partial charge in [-0.25, -0.2) is 0 Å². The van der Waals surface area contributed by atoms with Crippen molar-refractivity contribution in [2.75, 3.05) is 25.6 Å². The van der Waals surface area contributed by atoms with E-state index < -0.39 is 0 Å². The smallest absolute Gasteiger partial charge is 0.259 e. The summed E-state index contributed by atoms with van der Waals surface area (Å²) in [6, 6.07) is 15.3. The number of carbonyl (C=O) groups is 1. The van der Waals surface area contributed by atoms with Crippen molar-refractivity contribution >= 4 is 11.6 Å². The third-order valence-corrected chi connectivity index (χ3v) is 5.14. The number of hydrogen-bond acceptors (Lipinski definition) is 8. The van der Waals surface area contributed by atoms with Crippen molar-refractivity contribution in [2.24, 2.45) is 0 Å². The molecule has 4 aromatic rings. The van der Waals surface area contributed by atoms with Crippen LogP contribution in [0.15, 0.2) is 70.1 Å². The fraction of sp³-hybridized carbons (Fsp3) is 0.167. The van der Waals surface area contributed by atoms with Crippen molar-refractivity contribution in [1.82, 2.24) is 14.7 Å². The van der Waals surface area contributed by atoms with Crippen LogP contribution < -0.4 is 25.1 Å². The number of fused-ring (bicyclic) bond motifs is 1. The Hall–Kier alpha value is -4.60. The molecule has 3 heterocycles. The highest BCUT2D eigenvalue weighted by Gasteiger charge is 2.15. The Morgan fingerprint density at radius 3 is 2.59 bits per heavy atom. The van der Waals surface area contributed by atoms with Gasteiger partial charge in [-0.15, -0.1) is 0 Å². The summed E-state index contributed by atoms with van der Waals surface area (Å²) in [5.74, 6) is 2.15. The first-order valence-electron chi connectivity index (χ1n) is 10.5. The number of anilines is 1. The second-order valence-electron chi connectivity index (χ2n) is 7.44. The van der Waals surface area contributed by atoms with Crippen LogP contribution in [0.25, 0.3) is 22.8 Å². The average Bonchev–Trinajstić information content (AvgIpc) is 3.36. The average molecular weight is 460 g/mol. The predicted octanol–water partition coefficient (Wildman–Crippen LogP) is 2.98. The number of nitrogens with one attached hydrogen (secondary N) is 1. The van der Waals surface area contributed by atoms with E-state index in [1.165, 1.54) is 16.8 Å². The molecule has 10 nitrogen and oxygen atoms in total. The van der Waals surface area contributed by atoms with Crippen molar-refractivity contribution in [1.29, 1.82) is 0 Å². The maximum Gasteiger partial charge on any atom is 0.259 e. The first-order chi connectivity index (χ1) is 16.6. The van der Waals surface area contributed by atoms with Gasteiger partial charge in [0.25, 0.3) is 11.4 Å². The first kappa shape index (κ1) is 21.3. The minimum Gasteiger partial charge on any atom is -0.497 e. The zero-order chi connectivity index (χ0) is 23.5. The summed E-state index contributed by atoms with van der Waals surface area (Å²) in [5.41, 5.74) is 1.47. The number of hydrogen-bond donors (Lipinski definition) is 1. The summed E-state index contributed by atoms with van der Waals surface area (Å²) in [4.78, 5) is 29.3. The fourth-order valence-corrected chi connectivity index (χ4v) is 3.46. The summed E-state index contributed by atoms with van der Waals surface area (Å²) in [5, 5.41) is 6.77. The zero-order valence-corrected chi connectivity index (χ0v) is 18.2. The van der Waals surface area contributed by atoms with Gasteiger partial charge in [-0.3, -0.25) is 9.59 Å². The highest BCUT2D eigenvalue weighted by molar-refractivity contribution is 5.91. The topological polar surface area (TPSA) is 118 Å². The van der Waals surface area contributed by atoms with Gasteiger partial charge in [0.15, 0.2) is 11.5 Å². The van der Waals surface area contributed by atoms with Crippen LogP contribution in [0, 0.1) is 0 Å². The van der Waals surface area contributed by atoms with E-state index in [4.69, 9.17) is 18.7 Å². The van der Waals surface area contributed by atoms with E-state index >= 15 is 0 Å². The SMILES string of the molecule is COc1ccc(-c2noc(-c3ccc(=O)n(CC(=O)Nc4ccc5c(c4)OCCO5)c3)n2)cc1. The molecule has 0 bridgehead atoms. The van der Waals surface area contributed by atoms with E-state index in [1.807, 2.05) is 12.1 Å². The maximum absolute atomic E-state index is 12.6. The van der Waals surface area contributed by atoms with Crippen molar-refractivity contribution in [3.8, 4) is 40.1 Å². The molecule has 0 radical (unpaired) electrons. The van der Waals surface area contributed by atoms with E-state index in [2.05, 4.69) is 15.5 Å². The summed E-state index contributed by atoms with van der Waals surface area (Å²) >= 11 is 0. The van der Waals surface area contributed by atoms with Gasteiger partial charge >= 0.3 is 0 Å². The summed E-state index contributed by atoms with van der Waals surface area (Å²) in [7, 11) is 1.59. The van der Waals surface area contributed by atoms with E-state index in [-0.39, 0.29) is 23.9 Å². The van der Waals surface area contributed by atoms with Gasteiger partial charge in [-0.2, -0.15) is 4.98 Å². The van der Waals surface area contributed by atoms with Gasteiger partial charge in [0.05, 0.1) is 12.7 Å². The summed E-state index contributed by atoms with van der Waals surface area (Å²) in [6.45, 7) is 0.739. The molecule has 0 saturated heterocycles. The minimum atomic E-state index is -0.375. The monoisotopic (exact) mass is 460 g/mol. The summed E-state index contributed by atoms with van der Waals surface area (Å²) < 4.78 is 22.8. The van der Waals surface area contributed by atoms with Crippen molar-refractivity contribution in [3.63, 3.8) is 0 Å². The second-order valence-corrected chi connectivity index (χ2v) is 7.44. The third-order valence-electron chi connectivity index (χ3n) is 5.14. The predicted molar refractivity (Wildman–Crippen MR) is 122 cm³/mol. The molecule has 2 aromatic heterocycles. The minimum absolute atomic E-state index is 0.194. The molecule has 0 unspecified atom stereocenters. The molecule has 0 atom stereocenters. The number of carbonyl (C=O) groups excluding carboxylic acids is 1. The van der Waals surface area contributed by atoms with Crippen LogP contribution >= 0.6 is 0 Å². The number of pyridine rings is 1. The Morgan fingerprint density at radius 2 is 1.79 bits per heavy atom. The van der Waals surface area contributed by atoms with Gasteiger partial charge in [0.2, 0.25) is 11.7 Å². The van der Waals surface area contributed by atoms with E-state index in [9.17, 15) is 9.59 Å². The Labute approximate surface area is 193 Å². The number of rotatable bonds is 6. The number of methoxy groups -OCH3 is 1. The molecule has 10 heteroatoms. The summed E-state index contributed by atoms with van der Waals surface area (Å²) in [6.07, 6.45) is 1.51. The van der Waals surface area contributed by atoms with E-state index in [0.29, 0.717) is 47.5 Å². The van der Waals surface area contributed by atoms with Gasteiger partial charge in [-0.05, 0) is 42.5 Å². The molecule has 5 rings (SSSR count). The van der Waals surface area contributed by atoms with Gasteiger partial charge < -0.3 is 28.6 Å². The number of nitrogens with zero attached hydrogens (tertiary/aromatic N) is 3. The van der Waals surface area contributed by atoms with Crippen LogP contribution in [0.2, 0.25) is 0 Å². The van der Waals surface area contributed by atoms with Crippen LogP contribution in [0.4, 0.5) is 5.69 Å². The molecule has 34 heavy (non-hydrogen) atoms. The van der Waals surface area contributed by atoms with Gasteiger partial charge in [0.1, 0.15) is 25.5 Å². The third kappa shape index (κ3) is 4.46. The van der Waals surface area contributed by atoms with Crippen molar-refractivity contribution in [3.05, 3.63) is 71.1 Å². The normalized spacial score (nSPS) is 12.3. The quantitative estimate of drug-likeness (QED) is 0.467. The molecule has 0 fully saturated rings. The van der Waals surface area contributed by atoms with Crippen LogP contribution in [-0.2, 0) is 11.3 Å². The number of ether oxygens (including phenoxy) is 3. The Bertz CT molecular complexity index is 1390. The molecular weight excluding hydrogens is 440 g/mol.